The lowest BCUT2D eigenvalue weighted by molar-refractivity contribution is 0.0956. The summed E-state index contributed by atoms with van der Waals surface area (Å²) in [5, 5.41) is 1.91. The van der Waals surface area contributed by atoms with Crippen molar-refractivity contribution < 1.29 is 4.79 Å². The number of carbonyl (C=O) groups is 1. The van der Waals surface area contributed by atoms with Gasteiger partial charge in [0, 0.05) is 17.6 Å². The largest absolute Gasteiger partial charge is 0.298 e. The first-order valence-corrected chi connectivity index (χ1v) is 7.78. The van der Waals surface area contributed by atoms with Gasteiger partial charge in [-0.1, -0.05) is 34.1 Å². The average Bonchev–Trinajstić information content (AvgIpc) is 2.88. The second kappa shape index (κ2) is 6.99. The van der Waals surface area contributed by atoms with E-state index in [2.05, 4.69) is 32.3 Å². The van der Waals surface area contributed by atoms with Gasteiger partial charge < -0.3 is 0 Å². The standard InChI is InChI=1S/C14H16BrN3OS/c1-18(8-10-4-2-3-5-12(10)15)9-11-6-7-20-13(11)14(19)17-16/h2-7H,8-9,16H2,1H3,(H,17,19). The van der Waals surface area contributed by atoms with Crippen molar-refractivity contribution in [1.29, 1.82) is 0 Å². The Bertz CT molecular complexity index is 600. The lowest BCUT2D eigenvalue weighted by Gasteiger charge is -2.17. The van der Waals surface area contributed by atoms with E-state index < -0.39 is 0 Å². The molecule has 1 aromatic carbocycles. The molecule has 0 unspecified atom stereocenters. The molecule has 0 atom stereocenters. The summed E-state index contributed by atoms with van der Waals surface area (Å²) in [6.07, 6.45) is 0. The molecule has 0 saturated heterocycles. The van der Waals surface area contributed by atoms with Gasteiger partial charge >= 0.3 is 0 Å². The molecule has 1 aromatic heterocycles. The van der Waals surface area contributed by atoms with Gasteiger partial charge in [-0.2, -0.15) is 0 Å². The van der Waals surface area contributed by atoms with Gasteiger partial charge in [-0.3, -0.25) is 15.1 Å². The lowest BCUT2D eigenvalue weighted by atomic mass is 10.2. The summed E-state index contributed by atoms with van der Waals surface area (Å²) < 4.78 is 1.09. The van der Waals surface area contributed by atoms with Crippen LogP contribution in [-0.2, 0) is 13.1 Å². The van der Waals surface area contributed by atoms with Crippen molar-refractivity contribution in [2.75, 3.05) is 7.05 Å². The van der Waals surface area contributed by atoms with Gasteiger partial charge in [0.15, 0.2) is 0 Å². The molecule has 0 radical (unpaired) electrons. The number of halogens is 1. The molecule has 6 heteroatoms. The number of hydrazine groups is 1. The molecule has 2 rings (SSSR count). The van der Waals surface area contributed by atoms with Crippen molar-refractivity contribution >= 4 is 33.2 Å². The van der Waals surface area contributed by atoms with E-state index in [0.717, 1.165) is 16.6 Å². The molecule has 0 saturated carbocycles. The highest BCUT2D eigenvalue weighted by Gasteiger charge is 2.14. The molecule has 1 amide bonds. The minimum Gasteiger partial charge on any atom is -0.298 e. The molecule has 0 aliphatic rings. The van der Waals surface area contributed by atoms with Crippen molar-refractivity contribution in [2.24, 2.45) is 5.84 Å². The fourth-order valence-electron chi connectivity index (χ4n) is 1.99. The molecule has 0 bridgehead atoms. The summed E-state index contributed by atoms with van der Waals surface area (Å²) in [4.78, 5) is 14.5. The minimum atomic E-state index is -0.232. The number of nitrogen functional groups attached to an aromatic ring is 1. The summed E-state index contributed by atoms with van der Waals surface area (Å²) in [6, 6.07) is 10.1. The fraction of sp³-hybridized carbons (Fsp3) is 0.214. The molecule has 0 fully saturated rings. The number of nitrogens with one attached hydrogen (secondary N) is 1. The van der Waals surface area contributed by atoms with E-state index in [-0.39, 0.29) is 5.91 Å². The predicted molar refractivity (Wildman–Crippen MR) is 85.3 cm³/mol. The Morgan fingerprint density at radius 1 is 1.30 bits per heavy atom. The van der Waals surface area contributed by atoms with E-state index in [4.69, 9.17) is 5.84 Å². The molecular formula is C14H16BrN3OS. The zero-order chi connectivity index (χ0) is 14.5. The quantitative estimate of drug-likeness (QED) is 0.493. The minimum absolute atomic E-state index is 0.232. The SMILES string of the molecule is CN(Cc1ccccc1Br)Cc1ccsc1C(=O)NN. The number of nitrogens with zero attached hydrogens (tertiary/aromatic N) is 1. The highest BCUT2D eigenvalue weighted by atomic mass is 79.9. The number of nitrogens with two attached hydrogens (primary N) is 1. The molecule has 0 aliphatic carbocycles. The third-order valence-corrected chi connectivity index (χ3v) is 4.65. The van der Waals surface area contributed by atoms with Gasteiger partial charge in [0.05, 0.1) is 4.88 Å². The van der Waals surface area contributed by atoms with E-state index in [0.29, 0.717) is 11.4 Å². The van der Waals surface area contributed by atoms with E-state index >= 15 is 0 Å². The first-order valence-electron chi connectivity index (χ1n) is 6.11. The monoisotopic (exact) mass is 353 g/mol. The van der Waals surface area contributed by atoms with E-state index in [1.165, 1.54) is 16.9 Å². The van der Waals surface area contributed by atoms with Crippen molar-refractivity contribution in [1.82, 2.24) is 10.3 Å². The summed E-state index contributed by atoms with van der Waals surface area (Å²) in [7, 11) is 2.03. The Morgan fingerprint density at radius 3 is 2.70 bits per heavy atom. The average molecular weight is 354 g/mol. The molecular weight excluding hydrogens is 338 g/mol. The Morgan fingerprint density at radius 2 is 2.00 bits per heavy atom. The van der Waals surface area contributed by atoms with Crippen LogP contribution in [0.25, 0.3) is 0 Å². The Hall–Kier alpha value is -1.21. The topological polar surface area (TPSA) is 58.4 Å². The molecule has 0 spiro atoms. The number of hydrogen-bond donors (Lipinski definition) is 2. The summed E-state index contributed by atoms with van der Waals surface area (Å²) >= 11 is 4.95. The van der Waals surface area contributed by atoms with Gasteiger partial charge in [-0.25, -0.2) is 5.84 Å². The molecule has 1 heterocycles. The first-order chi connectivity index (χ1) is 9.61. The summed E-state index contributed by atoms with van der Waals surface area (Å²) in [5.74, 6) is 4.96. The van der Waals surface area contributed by atoms with E-state index in [9.17, 15) is 4.79 Å². The molecule has 3 N–H and O–H groups in total. The Balaban J connectivity index is 2.05. The maximum Gasteiger partial charge on any atom is 0.275 e. The van der Waals surface area contributed by atoms with Crippen LogP contribution >= 0.6 is 27.3 Å². The van der Waals surface area contributed by atoms with Crippen molar-refractivity contribution in [3.05, 3.63) is 56.2 Å². The second-order valence-corrected chi connectivity index (χ2v) is 6.28. The van der Waals surface area contributed by atoms with Gasteiger partial charge in [-0.05, 0) is 35.7 Å². The lowest BCUT2D eigenvalue weighted by Crippen LogP contribution is -2.30. The molecule has 4 nitrogen and oxygen atoms in total. The highest BCUT2D eigenvalue weighted by molar-refractivity contribution is 9.10. The third kappa shape index (κ3) is 3.67. The number of hydrogen-bond acceptors (Lipinski definition) is 4. The smallest absolute Gasteiger partial charge is 0.275 e. The van der Waals surface area contributed by atoms with Crippen LogP contribution in [0.2, 0.25) is 0 Å². The van der Waals surface area contributed by atoms with E-state index in [1.54, 1.807) is 0 Å². The van der Waals surface area contributed by atoms with Crippen LogP contribution in [0.1, 0.15) is 20.8 Å². The van der Waals surface area contributed by atoms with Gasteiger partial charge in [0.2, 0.25) is 0 Å². The Kier molecular flexibility index (Phi) is 5.31. The molecule has 0 aliphatic heterocycles. The van der Waals surface area contributed by atoms with Crippen molar-refractivity contribution in [3.63, 3.8) is 0 Å². The molecule has 106 valence electrons. The van der Waals surface area contributed by atoms with Gasteiger partial charge in [-0.15, -0.1) is 11.3 Å². The third-order valence-electron chi connectivity index (χ3n) is 2.92. The van der Waals surface area contributed by atoms with Crippen LogP contribution in [0, 0.1) is 0 Å². The summed E-state index contributed by atoms with van der Waals surface area (Å²) in [5.41, 5.74) is 4.40. The number of benzene rings is 1. The predicted octanol–water partition coefficient (Wildman–Crippen LogP) is 2.75. The van der Waals surface area contributed by atoms with Crippen molar-refractivity contribution in [3.8, 4) is 0 Å². The van der Waals surface area contributed by atoms with Crippen LogP contribution in [0.4, 0.5) is 0 Å². The number of amides is 1. The fourth-order valence-corrected chi connectivity index (χ4v) is 3.22. The van der Waals surface area contributed by atoms with Crippen LogP contribution in [-0.4, -0.2) is 17.9 Å². The summed E-state index contributed by atoms with van der Waals surface area (Å²) in [6.45, 7) is 1.51. The highest BCUT2D eigenvalue weighted by Crippen LogP contribution is 2.21. The number of rotatable bonds is 5. The van der Waals surface area contributed by atoms with Crippen LogP contribution < -0.4 is 11.3 Å². The molecule has 2 aromatic rings. The number of carbonyl (C=O) groups excluding carboxylic acids is 1. The number of thiophene rings is 1. The Labute approximate surface area is 130 Å². The van der Waals surface area contributed by atoms with Gasteiger partial charge in [0.1, 0.15) is 0 Å². The second-order valence-electron chi connectivity index (χ2n) is 4.51. The zero-order valence-corrected chi connectivity index (χ0v) is 13.5. The normalized spacial score (nSPS) is 10.8. The maximum atomic E-state index is 11.6. The zero-order valence-electron chi connectivity index (χ0n) is 11.1. The van der Waals surface area contributed by atoms with E-state index in [1.807, 2.05) is 36.7 Å². The molecule has 20 heavy (non-hydrogen) atoms. The van der Waals surface area contributed by atoms with Gasteiger partial charge in [0.25, 0.3) is 5.91 Å². The van der Waals surface area contributed by atoms with Crippen LogP contribution in [0.3, 0.4) is 0 Å². The van der Waals surface area contributed by atoms with Crippen LogP contribution in [0.15, 0.2) is 40.2 Å². The van der Waals surface area contributed by atoms with Crippen molar-refractivity contribution in [2.45, 2.75) is 13.1 Å². The first kappa shape index (κ1) is 15.2. The van der Waals surface area contributed by atoms with Crippen LogP contribution in [0.5, 0.6) is 0 Å². The maximum absolute atomic E-state index is 11.6.